The lowest BCUT2D eigenvalue weighted by Gasteiger charge is -2.21. The molecule has 0 radical (unpaired) electrons. The Labute approximate surface area is 117 Å². The normalized spacial score (nSPS) is 13.2. The molecule has 0 aromatic heterocycles. The van der Waals surface area contributed by atoms with Crippen LogP contribution in [0.2, 0.25) is 0 Å². The molecule has 0 saturated carbocycles. The summed E-state index contributed by atoms with van der Waals surface area (Å²) in [4.78, 5) is 0. The zero-order chi connectivity index (χ0) is 15.6. The van der Waals surface area contributed by atoms with Crippen molar-refractivity contribution in [2.75, 3.05) is 0 Å². The van der Waals surface area contributed by atoms with Gasteiger partial charge in [-0.3, -0.25) is 5.84 Å². The van der Waals surface area contributed by atoms with Crippen molar-refractivity contribution in [3.63, 3.8) is 0 Å². The first kappa shape index (κ1) is 15.4. The van der Waals surface area contributed by atoms with E-state index in [-0.39, 0.29) is 11.1 Å². The number of hydrogen-bond acceptors (Lipinski definition) is 2. The molecular weight excluding hydrogens is 291 g/mol. The molecule has 0 saturated heterocycles. The van der Waals surface area contributed by atoms with Gasteiger partial charge in [0.05, 0.1) is 11.6 Å². The average molecular weight is 302 g/mol. The molecule has 0 heterocycles. The van der Waals surface area contributed by atoms with Gasteiger partial charge in [0, 0.05) is 11.6 Å². The van der Waals surface area contributed by atoms with Gasteiger partial charge in [-0.2, -0.15) is 13.2 Å². The number of hydrazine groups is 1. The number of nitrogens with one attached hydrogen (secondary N) is 1. The van der Waals surface area contributed by atoms with E-state index in [0.29, 0.717) is 6.07 Å². The first-order chi connectivity index (χ1) is 9.84. The molecule has 1 unspecified atom stereocenters. The number of rotatable bonds is 3. The average Bonchev–Trinajstić information content (AvgIpc) is 2.41. The zero-order valence-electron chi connectivity index (χ0n) is 10.6. The van der Waals surface area contributed by atoms with Gasteiger partial charge in [-0.25, -0.2) is 14.2 Å². The molecule has 0 amide bonds. The molecule has 0 spiro atoms. The van der Waals surface area contributed by atoms with Crippen LogP contribution in [0.25, 0.3) is 0 Å². The fourth-order valence-electron chi connectivity index (χ4n) is 2.09. The molecule has 2 aromatic carbocycles. The molecule has 7 heteroatoms. The van der Waals surface area contributed by atoms with Crippen molar-refractivity contribution in [3.8, 4) is 0 Å². The van der Waals surface area contributed by atoms with Crippen LogP contribution >= 0.6 is 0 Å². The number of benzene rings is 2. The Morgan fingerprint density at radius 3 is 2.19 bits per heavy atom. The van der Waals surface area contributed by atoms with Gasteiger partial charge in [0.2, 0.25) is 0 Å². The quantitative estimate of drug-likeness (QED) is 0.517. The highest BCUT2D eigenvalue weighted by molar-refractivity contribution is 5.39. The fraction of sp³-hybridized carbons (Fsp3) is 0.143. The Kier molecular flexibility index (Phi) is 4.24. The molecular formula is C14H11F5N2. The molecule has 0 fully saturated rings. The first-order valence-electron chi connectivity index (χ1n) is 5.91. The monoisotopic (exact) mass is 302 g/mol. The highest BCUT2D eigenvalue weighted by Gasteiger charge is 2.35. The van der Waals surface area contributed by atoms with Crippen LogP contribution in [0.3, 0.4) is 0 Å². The second-order valence-electron chi connectivity index (χ2n) is 4.35. The van der Waals surface area contributed by atoms with Gasteiger partial charge < -0.3 is 0 Å². The van der Waals surface area contributed by atoms with Gasteiger partial charge in [0.15, 0.2) is 0 Å². The van der Waals surface area contributed by atoms with Gasteiger partial charge >= 0.3 is 6.18 Å². The first-order valence-corrected chi connectivity index (χ1v) is 5.91. The Morgan fingerprint density at radius 1 is 0.952 bits per heavy atom. The van der Waals surface area contributed by atoms with Gasteiger partial charge in [-0.05, 0) is 17.7 Å². The van der Waals surface area contributed by atoms with Crippen LogP contribution in [0.1, 0.15) is 22.7 Å². The third-order valence-electron chi connectivity index (χ3n) is 3.02. The van der Waals surface area contributed by atoms with Crippen molar-refractivity contribution in [1.29, 1.82) is 0 Å². The van der Waals surface area contributed by atoms with E-state index in [1.807, 2.05) is 0 Å². The minimum absolute atomic E-state index is 0.171. The second kappa shape index (κ2) is 5.79. The predicted octanol–water partition coefficient (Wildman–Crippen LogP) is 3.54. The largest absolute Gasteiger partial charge is 0.416 e. The highest BCUT2D eigenvalue weighted by atomic mass is 19.4. The van der Waals surface area contributed by atoms with Crippen molar-refractivity contribution in [2.45, 2.75) is 12.2 Å². The smallest absolute Gasteiger partial charge is 0.271 e. The van der Waals surface area contributed by atoms with Gasteiger partial charge in [-0.15, -0.1) is 0 Å². The van der Waals surface area contributed by atoms with Crippen molar-refractivity contribution in [1.82, 2.24) is 5.43 Å². The molecule has 3 N–H and O–H groups in total. The number of hydrogen-bond donors (Lipinski definition) is 2. The van der Waals surface area contributed by atoms with Crippen molar-refractivity contribution >= 4 is 0 Å². The molecule has 2 rings (SSSR count). The molecule has 21 heavy (non-hydrogen) atoms. The minimum Gasteiger partial charge on any atom is -0.271 e. The molecule has 0 aliphatic rings. The van der Waals surface area contributed by atoms with E-state index < -0.39 is 29.4 Å². The molecule has 112 valence electrons. The van der Waals surface area contributed by atoms with Crippen LogP contribution in [0.5, 0.6) is 0 Å². The lowest BCUT2D eigenvalue weighted by atomic mass is 9.94. The lowest BCUT2D eigenvalue weighted by Crippen LogP contribution is -2.31. The summed E-state index contributed by atoms with van der Waals surface area (Å²) in [6, 6.07) is 6.04. The van der Waals surface area contributed by atoms with Crippen LogP contribution in [-0.2, 0) is 6.18 Å². The van der Waals surface area contributed by atoms with Crippen LogP contribution in [0.4, 0.5) is 22.0 Å². The summed E-state index contributed by atoms with van der Waals surface area (Å²) in [5.41, 5.74) is 0.803. The maximum absolute atomic E-state index is 13.8. The Balaban J connectivity index is 2.57. The minimum atomic E-state index is -4.61. The summed E-state index contributed by atoms with van der Waals surface area (Å²) in [6.07, 6.45) is -4.61. The lowest BCUT2D eigenvalue weighted by molar-refractivity contribution is -0.138. The molecule has 1 atom stereocenters. The standard InChI is InChI=1S/C14H11F5N2/c15-8-5-6-10(12(16)7-8)13(21-20)9-3-1-2-4-11(9)14(17,18)19/h1-7,13,21H,20H2. The van der Waals surface area contributed by atoms with E-state index in [9.17, 15) is 22.0 Å². The zero-order valence-corrected chi connectivity index (χ0v) is 10.6. The Hall–Kier alpha value is -1.99. The van der Waals surface area contributed by atoms with Crippen LogP contribution in [0.15, 0.2) is 42.5 Å². The van der Waals surface area contributed by atoms with Crippen molar-refractivity contribution in [3.05, 3.63) is 70.8 Å². The molecule has 0 aliphatic carbocycles. The SMILES string of the molecule is NNC(c1ccc(F)cc1F)c1ccccc1C(F)(F)F. The summed E-state index contributed by atoms with van der Waals surface area (Å²) >= 11 is 0. The molecule has 2 aromatic rings. The summed E-state index contributed by atoms with van der Waals surface area (Å²) in [6.45, 7) is 0. The highest BCUT2D eigenvalue weighted by Crippen LogP contribution is 2.36. The molecule has 2 nitrogen and oxygen atoms in total. The van der Waals surface area contributed by atoms with E-state index in [1.165, 1.54) is 18.2 Å². The summed E-state index contributed by atoms with van der Waals surface area (Å²) in [5.74, 6) is 3.48. The van der Waals surface area contributed by atoms with Gasteiger partial charge in [-0.1, -0.05) is 24.3 Å². The summed E-state index contributed by atoms with van der Waals surface area (Å²) < 4.78 is 65.7. The number of alkyl halides is 3. The summed E-state index contributed by atoms with van der Waals surface area (Å²) in [7, 11) is 0. The van der Waals surface area contributed by atoms with Gasteiger partial charge in [0.1, 0.15) is 11.6 Å². The number of halogens is 5. The maximum Gasteiger partial charge on any atom is 0.416 e. The van der Waals surface area contributed by atoms with E-state index in [2.05, 4.69) is 5.43 Å². The van der Waals surface area contributed by atoms with Crippen LogP contribution < -0.4 is 11.3 Å². The molecule has 0 bridgehead atoms. The van der Waals surface area contributed by atoms with E-state index >= 15 is 0 Å². The third-order valence-corrected chi connectivity index (χ3v) is 3.02. The van der Waals surface area contributed by atoms with Gasteiger partial charge in [0.25, 0.3) is 0 Å². The van der Waals surface area contributed by atoms with E-state index in [1.54, 1.807) is 0 Å². The predicted molar refractivity (Wildman–Crippen MR) is 67.0 cm³/mol. The van der Waals surface area contributed by atoms with Crippen molar-refractivity contribution < 1.29 is 22.0 Å². The van der Waals surface area contributed by atoms with E-state index in [0.717, 1.165) is 18.2 Å². The van der Waals surface area contributed by atoms with Crippen LogP contribution in [0, 0.1) is 11.6 Å². The maximum atomic E-state index is 13.8. The Morgan fingerprint density at radius 2 is 1.62 bits per heavy atom. The fourth-order valence-corrected chi connectivity index (χ4v) is 2.09. The second-order valence-corrected chi connectivity index (χ2v) is 4.35. The van der Waals surface area contributed by atoms with Crippen molar-refractivity contribution in [2.24, 2.45) is 5.84 Å². The summed E-state index contributed by atoms with van der Waals surface area (Å²) in [5, 5.41) is 0. The number of nitrogens with two attached hydrogens (primary N) is 1. The van der Waals surface area contributed by atoms with E-state index in [4.69, 9.17) is 5.84 Å². The topological polar surface area (TPSA) is 38.0 Å². The third kappa shape index (κ3) is 3.20. The van der Waals surface area contributed by atoms with Crippen LogP contribution in [-0.4, -0.2) is 0 Å². The Bertz CT molecular complexity index is 640. The molecule has 0 aliphatic heterocycles.